The average molecular weight is 641 g/mol. The topological polar surface area (TPSA) is 190 Å². The van der Waals surface area contributed by atoms with Gasteiger partial charge >= 0.3 is 5.97 Å². The van der Waals surface area contributed by atoms with E-state index in [1.165, 1.54) is 38.5 Å². The lowest BCUT2D eigenvalue weighted by Crippen LogP contribution is -2.56. The van der Waals surface area contributed by atoms with Gasteiger partial charge in [0, 0.05) is 0 Å². The molecule has 1 fully saturated rings. The van der Waals surface area contributed by atoms with Gasteiger partial charge in [-0.05, 0) is 30.7 Å². The van der Waals surface area contributed by atoms with Gasteiger partial charge in [-0.1, -0.05) is 31.5 Å². The molecule has 15 nitrogen and oxygen atoms in total. The highest BCUT2D eigenvalue weighted by molar-refractivity contribution is 6.44. The molecule has 0 unspecified atom stereocenters. The predicted octanol–water partition coefficient (Wildman–Crippen LogP) is 0.318. The molecule has 3 N–H and O–H groups in total. The van der Waals surface area contributed by atoms with Crippen molar-refractivity contribution < 1.29 is 52.8 Å². The van der Waals surface area contributed by atoms with Gasteiger partial charge in [-0.2, -0.15) is 0 Å². The van der Waals surface area contributed by atoms with Crippen LogP contribution in [-0.2, 0) is 33.4 Å². The predicted molar refractivity (Wildman–Crippen MR) is 161 cm³/mol. The summed E-state index contributed by atoms with van der Waals surface area (Å²) in [5.74, 6) is -5.02. The molecule has 0 bridgehead atoms. The van der Waals surface area contributed by atoms with Crippen molar-refractivity contribution in [1.82, 2.24) is 10.6 Å². The van der Waals surface area contributed by atoms with E-state index in [0.29, 0.717) is 6.61 Å². The first-order valence-electron chi connectivity index (χ1n) is 14.6. The zero-order chi connectivity index (χ0) is 33.4. The zero-order valence-corrected chi connectivity index (χ0v) is 25.6. The minimum absolute atomic E-state index is 0.0563. The number of carbonyl (C=O) groups excluding carboxylic acids is 6. The maximum absolute atomic E-state index is 14.0. The number of anilines is 2. The van der Waals surface area contributed by atoms with Gasteiger partial charge in [-0.3, -0.25) is 33.7 Å². The number of amides is 4. The smallest absolute Gasteiger partial charge is 0.310 e. The quantitative estimate of drug-likeness (QED) is 0.118. The maximum atomic E-state index is 14.0. The molecule has 1 saturated heterocycles. The van der Waals surface area contributed by atoms with E-state index in [-0.39, 0.29) is 34.9 Å². The number of methoxy groups -OCH3 is 2. The summed E-state index contributed by atoms with van der Waals surface area (Å²) >= 11 is 0. The molecule has 2 aliphatic rings. The summed E-state index contributed by atoms with van der Waals surface area (Å²) in [4.78, 5) is 81.0. The molecule has 0 aliphatic carbocycles. The Bertz CT molecular complexity index is 1470. The van der Waals surface area contributed by atoms with Crippen LogP contribution in [0.15, 0.2) is 42.5 Å². The molecular formula is C31H36N4O11. The van der Waals surface area contributed by atoms with Crippen LogP contribution in [0, 0.1) is 0 Å². The normalized spacial score (nSPS) is 19.1. The third-order valence-electron chi connectivity index (χ3n) is 7.39. The van der Waals surface area contributed by atoms with Gasteiger partial charge < -0.3 is 39.6 Å². The number of rotatable bonds is 13. The summed E-state index contributed by atoms with van der Waals surface area (Å²) in [6.07, 6.45) is 0.424. The van der Waals surface area contributed by atoms with E-state index in [0.717, 1.165) is 22.6 Å². The number of benzene rings is 2. The molecule has 246 valence electrons. The number of unbranched alkanes of at least 4 members (excludes halogenated alkanes) is 1. The van der Waals surface area contributed by atoms with Crippen molar-refractivity contribution >= 4 is 46.8 Å². The summed E-state index contributed by atoms with van der Waals surface area (Å²) in [7, 11) is 2.62. The maximum Gasteiger partial charge on any atom is 0.310 e. The van der Waals surface area contributed by atoms with Crippen molar-refractivity contribution in [2.75, 3.05) is 50.3 Å². The van der Waals surface area contributed by atoms with Crippen LogP contribution in [0.5, 0.6) is 11.5 Å². The van der Waals surface area contributed by atoms with Gasteiger partial charge in [-0.15, -0.1) is 0 Å². The SMILES string of the molecule is CCCCO[C@@H]1OC(=O)C[C@@H]1NC(=O)CN1C(=O)[C@@H](NC(=O)C(=O)c2c(OC)cccc2OC)CN(C(=O)CO)c2ccccc21. The van der Waals surface area contributed by atoms with Crippen LogP contribution in [0.2, 0.25) is 0 Å². The molecule has 46 heavy (non-hydrogen) atoms. The summed E-state index contributed by atoms with van der Waals surface area (Å²) in [6.45, 7) is 0.303. The van der Waals surface area contributed by atoms with Crippen LogP contribution in [0.25, 0.3) is 0 Å². The Labute approximate surface area is 264 Å². The third kappa shape index (κ3) is 7.43. The lowest BCUT2D eigenvalue weighted by atomic mass is 10.1. The number of cyclic esters (lactones) is 1. The number of aliphatic hydroxyl groups is 1. The second kappa shape index (κ2) is 15.3. The van der Waals surface area contributed by atoms with E-state index in [1.54, 1.807) is 18.2 Å². The van der Waals surface area contributed by atoms with Crippen molar-refractivity contribution in [2.45, 2.75) is 44.6 Å². The highest BCUT2D eigenvalue weighted by Crippen LogP contribution is 2.33. The van der Waals surface area contributed by atoms with E-state index < -0.39 is 73.5 Å². The molecule has 15 heteroatoms. The van der Waals surface area contributed by atoms with Crippen LogP contribution >= 0.6 is 0 Å². The molecule has 0 aromatic heterocycles. The Kier molecular flexibility index (Phi) is 11.3. The monoisotopic (exact) mass is 640 g/mol. The van der Waals surface area contributed by atoms with Crippen LogP contribution in [0.3, 0.4) is 0 Å². The number of fused-ring (bicyclic) bond motifs is 1. The fraction of sp³-hybridized carbons (Fsp3) is 0.419. The van der Waals surface area contributed by atoms with E-state index in [2.05, 4.69) is 10.6 Å². The number of Topliss-reactive ketones (excluding diaryl/α,β-unsaturated/α-hetero) is 1. The standard InChI is InChI=1S/C31H36N4O11/c1-4-5-13-45-31-18(14-26(39)46-31)32-24(37)16-35-21-10-7-6-9-20(21)34(25(38)17-36)15-19(30(35)42)33-29(41)28(40)27-22(43-2)11-8-12-23(27)44-3/h6-12,18-19,31,36H,4-5,13-17H2,1-3H3,(H,32,37)(H,33,41)/t18-,19-,31+/m0/s1. The Morgan fingerprint density at radius 3 is 2.28 bits per heavy atom. The minimum atomic E-state index is -1.53. The largest absolute Gasteiger partial charge is 0.496 e. The number of nitrogens with zero attached hydrogens (tertiary/aromatic N) is 2. The highest BCUT2D eigenvalue weighted by Gasteiger charge is 2.41. The third-order valence-corrected chi connectivity index (χ3v) is 7.39. The number of aliphatic hydroxyl groups excluding tert-OH is 1. The number of para-hydroxylation sites is 2. The molecule has 2 aromatic rings. The second-order valence-corrected chi connectivity index (χ2v) is 10.4. The number of carbonyl (C=O) groups is 6. The summed E-state index contributed by atoms with van der Waals surface area (Å²) in [5.41, 5.74) is 0.128. The number of ketones is 1. The Hall–Kier alpha value is -5.02. The zero-order valence-electron chi connectivity index (χ0n) is 25.6. The first kappa shape index (κ1) is 33.9. The molecule has 2 aliphatic heterocycles. The molecule has 2 aromatic carbocycles. The number of hydrogen-bond acceptors (Lipinski definition) is 11. The number of esters is 1. The molecule has 0 spiro atoms. The van der Waals surface area contributed by atoms with E-state index >= 15 is 0 Å². The molecule has 0 radical (unpaired) electrons. The van der Waals surface area contributed by atoms with Gasteiger partial charge in [0.15, 0.2) is 0 Å². The minimum Gasteiger partial charge on any atom is -0.496 e. The van der Waals surface area contributed by atoms with Crippen LogP contribution in [0.4, 0.5) is 11.4 Å². The molecule has 3 atom stereocenters. The second-order valence-electron chi connectivity index (χ2n) is 10.4. The molecular weight excluding hydrogens is 604 g/mol. The summed E-state index contributed by atoms with van der Waals surface area (Å²) in [5, 5.41) is 14.8. The Morgan fingerprint density at radius 1 is 0.978 bits per heavy atom. The van der Waals surface area contributed by atoms with E-state index in [1.807, 2.05) is 6.92 Å². The molecule has 4 rings (SSSR count). The van der Waals surface area contributed by atoms with Crippen molar-refractivity contribution in [3.8, 4) is 11.5 Å². The van der Waals surface area contributed by atoms with Gasteiger partial charge in [0.2, 0.25) is 12.2 Å². The number of nitrogens with one attached hydrogen (secondary N) is 2. The van der Waals surface area contributed by atoms with Crippen LogP contribution < -0.4 is 29.9 Å². The van der Waals surface area contributed by atoms with Crippen molar-refractivity contribution in [3.05, 3.63) is 48.0 Å². The number of ether oxygens (including phenoxy) is 4. The van der Waals surface area contributed by atoms with Gasteiger partial charge in [0.25, 0.3) is 23.5 Å². The number of hydrogen-bond donors (Lipinski definition) is 3. The Morgan fingerprint density at radius 2 is 1.65 bits per heavy atom. The molecule has 4 amide bonds. The van der Waals surface area contributed by atoms with E-state index in [9.17, 15) is 33.9 Å². The van der Waals surface area contributed by atoms with Gasteiger partial charge in [0.1, 0.15) is 42.3 Å². The fourth-order valence-electron chi connectivity index (χ4n) is 5.14. The van der Waals surface area contributed by atoms with Crippen molar-refractivity contribution in [1.29, 1.82) is 0 Å². The molecule has 0 saturated carbocycles. The first-order chi connectivity index (χ1) is 22.1. The summed E-state index contributed by atoms with van der Waals surface area (Å²) in [6, 6.07) is 8.31. The van der Waals surface area contributed by atoms with Crippen molar-refractivity contribution in [3.63, 3.8) is 0 Å². The first-order valence-corrected chi connectivity index (χ1v) is 14.6. The highest BCUT2D eigenvalue weighted by atomic mass is 16.7. The lowest BCUT2D eigenvalue weighted by molar-refractivity contribution is -0.165. The average Bonchev–Trinajstić information content (AvgIpc) is 3.36. The lowest BCUT2D eigenvalue weighted by Gasteiger charge is -2.26. The van der Waals surface area contributed by atoms with Gasteiger partial charge in [-0.25, -0.2) is 0 Å². The Balaban J connectivity index is 1.62. The van der Waals surface area contributed by atoms with Crippen molar-refractivity contribution in [2.24, 2.45) is 0 Å². The molecule has 2 heterocycles. The summed E-state index contributed by atoms with van der Waals surface area (Å²) < 4.78 is 21.3. The fourth-order valence-corrected chi connectivity index (χ4v) is 5.14. The van der Waals surface area contributed by atoms with Crippen LogP contribution in [0.1, 0.15) is 36.5 Å². The van der Waals surface area contributed by atoms with Gasteiger partial charge in [0.05, 0.1) is 45.2 Å². The van der Waals surface area contributed by atoms with Crippen LogP contribution in [-0.4, -0.2) is 99.4 Å². The van der Waals surface area contributed by atoms with E-state index in [4.69, 9.17) is 18.9 Å².